The van der Waals surface area contributed by atoms with E-state index in [1.54, 1.807) is 12.1 Å². The minimum Gasteiger partial charge on any atom is -0.370 e. The Morgan fingerprint density at radius 1 is 1.45 bits per heavy atom. The summed E-state index contributed by atoms with van der Waals surface area (Å²) in [7, 11) is 1.82. The molecule has 7 heteroatoms. The van der Waals surface area contributed by atoms with Crippen LogP contribution in [0.1, 0.15) is 24.5 Å². The molecule has 106 valence electrons. The molecule has 0 bridgehead atoms. The van der Waals surface area contributed by atoms with Gasteiger partial charge >= 0.3 is 0 Å². The molecule has 20 heavy (non-hydrogen) atoms. The predicted octanol–water partition coefficient (Wildman–Crippen LogP) is 2.04. The molecule has 0 aliphatic carbocycles. The topological polar surface area (TPSA) is 73.9 Å². The van der Waals surface area contributed by atoms with Crippen LogP contribution in [-0.2, 0) is 0 Å². The summed E-state index contributed by atoms with van der Waals surface area (Å²) in [4.78, 5) is 17.3. The van der Waals surface area contributed by atoms with Gasteiger partial charge in [0.2, 0.25) is 5.82 Å². The lowest BCUT2D eigenvalue weighted by molar-refractivity contribution is 0.101. The third-order valence-electron chi connectivity index (χ3n) is 2.99. The maximum Gasteiger partial charge on any atom is 0.292 e. The van der Waals surface area contributed by atoms with Gasteiger partial charge in [-0.05, 0) is 32.0 Å². The molecule has 0 saturated heterocycles. The lowest BCUT2D eigenvalue weighted by atomic mass is 10.2. The first-order valence-electron chi connectivity index (χ1n) is 6.18. The second-order valence-corrected chi connectivity index (χ2v) is 4.66. The van der Waals surface area contributed by atoms with Gasteiger partial charge in [0.25, 0.3) is 5.91 Å². The van der Waals surface area contributed by atoms with E-state index in [0.717, 1.165) is 0 Å². The van der Waals surface area contributed by atoms with Crippen molar-refractivity contribution in [2.75, 3.05) is 17.3 Å². The number of aromatic nitrogens is 3. The summed E-state index contributed by atoms with van der Waals surface area (Å²) in [6, 6.07) is 4.73. The van der Waals surface area contributed by atoms with E-state index in [9.17, 15) is 9.18 Å². The number of nitrogens with zero attached hydrogens (tertiary/aromatic N) is 3. The number of halogens is 1. The lowest BCUT2D eigenvalue weighted by Crippen LogP contribution is -2.26. The number of carbonyl (C=O) groups is 1. The van der Waals surface area contributed by atoms with E-state index in [1.165, 1.54) is 12.4 Å². The van der Waals surface area contributed by atoms with Crippen LogP contribution in [0.3, 0.4) is 0 Å². The molecule has 1 heterocycles. The van der Waals surface area contributed by atoms with E-state index >= 15 is 0 Å². The quantitative estimate of drug-likeness (QED) is 0.897. The molecule has 0 spiro atoms. The largest absolute Gasteiger partial charge is 0.370 e. The SMILES string of the molecule is CC(C)N(C)c1ccc(NC(=O)c2ncn[nH]2)cc1F. The molecule has 1 aromatic carbocycles. The summed E-state index contributed by atoms with van der Waals surface area (Å²) in [5.74, 6) is -0.780. The standard InChI is InChI=1S/C13H16FN5O/c1-8(2)19(3)11-5-4-9(6-10(11)14)17-13(20)12-15-7-16-18-12/h4-8H,1-3H3,(H,17,20)(H,15,16,18). The van der Waals surface area contributed by atoms with E-state index in [0.29, 0.717) is 11.4 Å². The van der Waals surface area contributed by atoms with Crippen molar-refractivity contribution in [3.63, 3.8) is 0 Å². The Morgan fingerprint density at radius 2 is 2.20 bits per heavy atom. The Morgan fingerprint density at radius 3 is 2.75 bits per heavy atom. The maximum atomic E-state index is 14.0. The van der Waals surface area contributed by atoms with E-state index in [4.69, 9.17) is 0 Å². The molecule has 0 fully saturated rings. The smallest absolute Gasteiger partial charge is 0.292 e. The van der Waals surface area contributed by atoms with Gasteiger partial charge in [-0.2, -0.15) is 5.10 Å². The average molecular weight is 277 g/mol. The Balaban J connectivity index is 2.15. The van der Waals surface area contributed by atoms with Crippen LogP contribution in [0.2, 0.25) is 0 Å². The summed E-state index contributed by atoms with van der Waals surface area (Å²) in [5, 5.41) is 8.57. The Labute approximate surface area is 116 Å². The molecule has 6 nitrogen and oxygen atoms in total. The number of benzene rings is 1. The van der Waals surface area contributed by atoms with Gasteiger partial charge in [-0.15, -0.1) is 0 Å². The van der Waals surface area contributed by atoms with E-state index in [-0.39, 0.29) is 11.9 Å². The average Bonchev–Trinajstić information content (AvgIpc) is 2.92. The van der Waals surface area contributed by atoms with Gasteiger partial charge in [0.05, 0.1) is 5.69 Å². The van der Waals surface area contributed by atoms with Gasteiger partial charge in [-0.1, -0.05) is 0 Å². The highest BCUT2D eigenvalue weighted by Crippen LogP contribution is 2.23. The first kappa shape index (κ1) is 14.0. The minimum atomic E-state index is -0.466. The Kier molecular flexibility index (Phi) is 3.97. The predicted molar refractivity (Wildman–Crippen MR) is 74.3 cm³/mol. The maximum absolute atomic E-state index is 14.0. The first-order valence-corrected chi connectivity index (χ1v) is 6.18. The van der Waals surface area contributed by atoms with Crippen molar-refractivity contribution in [2.45, 2.75) is 19.9 Å². The summed E-state index contributed by atoms with van der Waals surface area (Å²) in [6.07, 6.45) is 1.23. The summed E-state index contributed by atoms with van der Waals surface area (Å²) >= 11 is 0. The van der Waals surface area contributed by atoms with Gasteiger partial charge in [0.15, 0.2) is 0 Å². The molecular formula is C13H16FN5O. The van der Waals surface area contributed by atoms with Crippen LogP contribution in [0.4, 0.5) is 15.8 Å². The molecule has 0 atom stereocenters. The number of H-pyrrole nitrogens is 1. The van der Waals surface area contributed by atoms with E-state index < -0.39 is 11.7 Å². The van der Waals surface area contributed by atoms with Crippen molar-refractivity contribution in [2.24, 2.45) is 0 Å². The number of hydrogen-bond donors (Lipinski definition) is 2. The van der Waals surface area contributed by atoms with Crippen molar-refractivity contribution >= 4 is 17.3 Å². The lowest BCUT2D eigenvalue weighted by Gasteiger charge is -2.24. The van der Waals surface area contributed by atoms with Crippen molar-refractivity contribution in [1.82, 2.24) is 15.2 Å². The van der Waals surface area contributed by atoms with Crippen LogP contribution in [0.25, 0.3) is 0 Å². The number of anilines is 2. The number of carbonyl (C=O) groups excluding carboxylic acids is 1. The highest BCUT2D eigenvalue weighted by molar-refractivity contribution is 6.01. The molecule has 0 aliphatic rings. The highest BCUT2D eigenvalue weighted by Gasteiger charge is 2.13. The molecule has 2 N–H and O–H groups in total. The van der Waals surface area contributed by atoms with Gasteiger partial charge in [0, 0.05) is 18.8 Å². The molecule has 0 aliphatic heterocycles. The number of hydrogen-bond acceptors (Lipinski definition) is 4. The van der Waals surface area contributed by atoms with Gasteiger partial charge < -0.3 is 10.2 Å². The molecule has 1 amide bonds. The third kappa shape index (κ3) is 2.93. The molecule has 2 rings (SSSR count). The van der Waals surface area contributed by atoms with Crippen molar-refractivity contribution in [1.29, 1.82) is 0 Å². The number of rotatable bonds is 4. The molecule has 0 unspecified atom stereocenters. The minimum absolute atomic E-state index is 0.0776. The van der Waals surface area contributed by atoms with Gasteiger partial charge in [-0.3, -0.25) is 9.89 Å². The molecular weight excluding hydrogens is 261 g/mol. The highest BCUT2D eigenvalue weighted by atomic mass is 19.1. The van der Waals surface area contributed by atoms with E-state index in [1.807, 2.05) is 25.8 Å². The summed E-state index contributed by atoms with van der Waals surface area (Å²) in [6.45, 7) is 3.94. The summed E-state index contributed by atoms with van der Waals surface area (Å²) in [5.41, 5.74) is 0.850. The zero-order valence-corrected chi connectivity index (χ0v) is 11.5. The monoisotopic (exact) mass is 277 g/mol. The molecule has 0 saturated carbocycles. The van der Waals surface area contributed by atoms with Crippen molar-refractivity contribution in [3.8, 4) is 0 Å². The molecule has 1 aromatic heterocycles. The van der Waals surface area contributed by atoms with Crippen LogP contribution in [0, 0.1) is 5.82 Å². The van der Waals surface area contributed by atoms with Crippen LogP contribution < -0.4 is 10.2 Å². The third-order valence-corrected chi connectivity index (χ3v) is 2.99. The zero-order valence-electron chi connectivity index (χ0n) is 11.5. The van der Waals surface area contributed by atoms with Crippen LogP contribution in [0.5, 0.6) is 0 Å². The van der Waals surface area contributed by atoms with Crippen LogP contribution in [-0.4, -0.2) is 34.2 Å². The van der Waals surface area contributed by atoms with E-state index in [2.05, 4.69) is 20.5 Å². The number of aromatic amines is 1. The molecule has 2 aromatic rings. The summed E-state index contributed by atoms with van der Waals surface area (Å²) < 4.78 is 14.0. The second kappa shape index (κ2) is 5.68. The zero-order chi connectivity index (χ0) is 14.7. The second-order valence-electron chi connectivity index (χ2n) is 4.66. The van der Waals surface area contributed by atoms with Crippen LogP contribution in [0.15, 0.2) is 24.5 Å². The Hall–Kier alpha value is -2.44. The first-order chi connectivity index (χ1) is 9.49. The van der Waals surface area contributed by atoms with Gasteiger partial charge in [0.1, 0.15) is 12.1 Å². The normalized spacial score (nSPS) is 10.7. The Bertz CT molecular complexity index is 597. The number of amides is 1. The fraction of sp³-hybridized carbons (Fsp3) is 0.308. The number of nitrogens with one attached hydrogen (secondary N) is 2. The van der Waals surface area contributed by atoms with Crippen LogP contribution >= 0.6 is 0 Å². The van der Waals surface area contributed by atoms with Crippen molar-refractivity contribution in [3.05, 3.63) is 36.2 Å². The fourth-order valence-corrected chi connectivity index (χ4v) is 1.65. The molecule has 0 radical (unpaired) electrons. The fourth-order valence-electron chi connectivity index (χ4n) is 1.65. The van der Waals surface area contributed by atoms with Gasteiger partial charge in [-0.25, -0.2) is 9.37 Å². The van der Waals surface area contributed by atoms with Crippen molar-refractivity contribution < 1.29 is 9.18 Å².